The Hall–Kier alpha value is -1.35. The van der Waals surface area contributed by atoms with Crippen LogP contribution in [0.1, 0.15) is 32.3 Å². The van der Waals surface area contributed by atoms with Gasteiger partial charge >= 0.3 is 0 Å². The number of carbonyl (C=O) groups is 1. The van der Waals surface area contributed by atoms with Crippen LogP contribution in [0, 0.1) is 5.92 Å². The van der Waals surface area contributed by atoms with E-state index in [0.717, 1.165) is 17.7 Å². The normalized spacial score (nSPS) is 20.4. The quantitative estimate of drug-likeness (QED) is 0.870. The van der Waals surface area contributed by atoms with Crippen molar-refractivity contribution in [1.29, 1.82) is 0 Å². The molecule has 2 rings (SSSR count). The molecule has 92 valence electrons. The van der Waals surface area contributed by atoms with Crippen LogP contribution in [-0.4, -0.2) is 17.1 Å². The lowest BCUT2D eigenvalue weighted by Crippen LogP contribution is -2.36. The first kappa shape index (κ1) is 12.1. The summed E-state index contributed by atoms with van der Waals surface area (Å²) in [6.07, 6.45) is 1.59. The van der Waals surface area contributed by atoms with Crippen LogP contribution in [0.4, 0.5) is 5.69 Å². The second-order valence-corrected chi connectivity index (χ2v) is 4.94. The molecule has 0 aromatic heterocycles. The van der Waals surface area contributed by atoms with Gasteiger partial charge in [0.05, 0.1) is 6.61 Å². The molecule has 1 fully saturated rings. The number of amides is 1. The van der Waals surface area contributed by atoms with Gasteiger partial charge in [0.25, 0.3) is 0 Å². The first-order valence-corrected chi connectivity index (χ1v) is 6.15. The summed E-state index contributed by atoms with van der Waals surface area (Å²) in [5.41, 5.74) is 1.82. The van der Waals surface area contributed by atoms with E-state index in [1.165, 1.54) is 0 Å². The number of carbonyl (C=O) groups excluding carboxylic acids is 1. The molecule has 0 bridgehead atoms. The van der Waals surface area contributed by atoms with Crippen molar-refractivity contribution in [2.45, 2.75) is 39.3 Å². The molecule has 17 heavy (non-hydrogen) atoms. The highest BCUT2D eigenvalue weighted by Gasteiger charge is 2.33. The van der Waals surface area contributed by atoms with E-state index in [9.17, 15) is 4.79 Å². The summed E-state index contributed by atoms with van der Waals surface area (Å²) in [5, 5.41) is 9.01. The molecule has 1 saturated heterocycles. The number of hydrogen-bond donors (Lipinski definition) is 1. The van der Waals surface area contributed by atoms with Crippen LogP contribution in [0.15, 0.2) is 24.3 Å². The highest BCUT2D eigenvalue weighted by atomic mass is 16.3. The van der Waals surface area contributed by atoms with Gasteiger partial charge in [-0.05, 0) is 30.0 Å². The number of aliphatic hydroxyl groups excluding tert-OH is 1. The Morgan fingerprint density at radius 3 is 2.53 bits per heavy atom. The molecule has 0 radical (unpaired) electrons. The van der Waals surface area contributed by atoms with E-state index >= 15 is 0 Å². The summed E-state index contributed by atoms with van der Waals surface area (Å²) in [4.78, 5) is 13.8. The Morgan fingerprint density at radius 1 is 1.35 bits per heavy atom. The maximum absolute atomic E-state index is 11.9. The van der Waals surface area contributed by atoms with Crippen LogP contribution < -0.4 is 4.90 Å². The average molecular weight is 233 g/mol. The van der Waals surface area contributed by atoms with Crippen LogP contribution in [0.3, 0.4) is 0 Å². The molecule has 1 aromatic rings. The number of rotatable bonds is 3. The standard InChI is InChI=1S/C14H19NO2/c1-10(2)13-7-8-14(17)15(13)12-5-3-11(9-16)4-6-12/h3-6,10,13,16H,7-9H2,1-2H3. The van der Waals surface area contributed by atoms with Gasteiger partial charge in [-0.25, -0.2) is 0 Å². The van der Waals surface area contributed by atoms with E-state index in [4.69, 9.17) is 5.11 Å². The SMILES string of the molecule is CC(C)C1CCC(=O)N1c1ccc(CO)cc1. The van der Waals surface area contributed by atoms with Crippen LogP contribution >= 0.6 is 0 Å². The topological polar surface area (TPSA) is 40.5 Å². The molecule has 1 amide bonds. The lowest BCUT2D eigenvalue weighted by molar-refractivity contribution is -0.117. The van der Waals surface area contributed by atoms with Crippen molar-refractivity contribution in [2.75, 3.05) is 4.90 Å². The van der Waals surface area contributed by atoms with Crippen LogP contribution in [0.5, 0.6) is 0 Å². The summed E-state index contributed by atoms with van der Waals surface area (Å²) in [7, 11) is 0. The van der Waals surface area contributed by atoms with E-state index in [1.807, 2.05) is 29.2 Å². The molecule has 1 aromatic carbocycles. The smallest absolute Gasteiger partial charge is 0.227 e. The van der Waals surface area contributed by atoms with Gasteiger partial charge in [-0.2, -0.15) is 0 Å². The molecule has 1 unspecified atom stereocenters. The van der Waals surface area contributed by atoms with E-state index in [1.54, 1.807) is 0 Å². The van der Waals surface area contributed by atoms with Crippen molar-refractivity contribution < 1.29 is 9.90 Å². The van der Waals surface area contributed by atoms with E-state index in [2.05, 4.69) is 13.8 Å². The number of nitrogens with zero attached hydrogens (tertiary/aromatic N) is 1. The summed E-state index contributed by atoms with van der Waals surface area (Å²) >= 11 is 0. The zero-order valence-electron chi connectivity index (χ0n) is 10.4. The third-order valence-corrected chi connectivity index (χ3v) is 3.42. The first-order chi connectivity index (χ1) is 8.13. The Morgan fingerprint density at radius 2 is 2.00 bits per heavy atom. The van der Waals surface area contributed by atoms with Crippen molar-refractivity contribution in [1.82, 2.24) is 0 Å². The molecule has 1 atom stereocenters. The Bertz CT molecular complexity index is 397. The van der Waals surface area contributed by atoms with E-state index in [0.29, 0.717) is 18.4 Å². The second kappa shape index (κ2) is 4.88. The van der Waals surface area contributed by atoms with Crippen molar-refractivity contribution in [3.8, 4) is 0 Å². The minimum Gasteiger partial charge on any atom is -0.392 e. The summed E-state index contributed by atoms with van der Waals surface area (Å²) in [5.74, 6) is 0.680. The van der Waals surface area contributed by atoms with Crippen molar-refractivity contribution >= 4 is 11.6 Å². The fraction of sp³-hybridized carbons (Fsp3) is 0.500. The Balaban J connectivity index is 2.26. The van der Waals surface area contributed by atoms with Crippen LogP contribution in [0.25, 0.3) is 0 Å². The highest BCUT2D eigenvalue weighted by Crippen LogP contribution is 2.30. The summed E-state index contributed by atoms with van der Waals surface area (Å²) in [6.45, 7) is 4.35. The van der Waals surface area contributed by atoms with Gasteiger partial charge in [-0.1, -0.05) is 26.0 Å². The lowest BCUT2D eigenvalue weighted by Gasteiger charge is -2.28. The molecular weight excluding hydrogens is 214 g/mol. The molecule has 0 aliphatic carbocycles. The van der Waals surface area contributed by atoms with E-state index in [-0.39, 0.29) is 12.5 Å². The molecule has 3 heteroatoms. The van der Waals surface area contributed by atoms with Gasteiger partial charge in [0, 0.05) is 18.2 Å². The first-order valence-electron chi connectivity index (χ1n) is 6.15. The van der Waals surface area contributed by atoms with Gasteiger partial charge < -0.3 is 10.0 Å². The largest absolute Gasteiger partial charge is 0.392 e. The molecule has 3 nitrogen and oxygen atoms in total. The summed E-state index contributed by atoms with van der Waals surface area (Å²) < 4.78 is 0. The van der Waals surface area contributed by atoms with Gasteiger partial charge in [0.2, 0.25) is 5.91 Å². The minimum atomic E-state index is 0.0435. The zero-order chi connectivity index (χ0) is 12.4. The monoisotopic (exact) mass is 233 g/mol. The molecule has 1 N–H and O–H groups in total. The molecular formula is C14H19NO2. The van der Waals surface area contributed by atoms with Crippen LogP contribution in [-0.2, 0) is 11.4 Å². The fourth-order valence-electron chi connectivity index (χ4n) is 2.43. The maximum Gasteiger partial charge on any atom is 0.227 e. The predicted octanol–water partition coefficient (Wildman–Crippen LogP) is 2.33. The Labute approximate surface area is 102 Å². The van der Waals surface area contributed by atoms with Gasteiger partial charge in [-0.15, -0.1) is 0 Å². The number of aliphatic hydroxyl groups is 1. The minimum absolute atomic E-state index is 0.0435. The number of hydrogen-bond acceptors (Lipinski definition) is 2. The predicted molar refractivity (Wildman–Crippen MR) is 67.7 cm³/mol. The number of benzene rings is 1. The molecule has 0 saturated carbocycles. The zero-order valence-corrected chi connectivity index (χ0v) is 10.4. The third kappa shape index (κ3) is 2.34. The molecule has 1 aliphatic rings. The molecule has 1 heterocycles. The van der Waals surface area contributed by atoms with Gasteiger partial charge in [0.1, 0.15) is 0 Å². The maximum atomic E-state index is 11.9. The Kier molecular flexibility index (Phi) is 3.48. The lowest BCUT2D eigenvalue weighted by atomic mass is 10.0. The van der Waals surface area contributed by atoms with Crippen molar-refractivity contribution in [3.05, 3.63) is 29.8 Å². The second-order valence-electron chi connectivity index (χ2n) is 4.94. The van der Waals surface area contributed by atoms with E-state index < -0.39 is 0 Å². The van der Waals surface area contributed by atoms with Gasteiger partial charge in [-0.3, -0.25) is 4.79 Å². The average Bonchev–Trinajstić information content (AvgIpc) is 2.71. The van der Waals surface area contributed by atoms with Crippen molar-refractivity contribution in [2.24, 2.45) is 5.92 Å². The van der Waals surface area contributed by atoms with Crippen LogP contribution in [0.2, 0.25) is 0 Å². The fourth-order valence-corrected chi connectivity index (χ4v) is 2.43. The third-order valence-electron chi connectivity index (χ3n) is 3.42. The summed E-state index contributed by atoms with van der Waals surface area (Å²) in [6, 6.07) is 7.90. The number of anilines is 1. The van der Waals surface area contributed by atoms with Gasteiger partial charge in [0.15, 0.2) is 0 Å². The highest BCUT2D eigenvalue weighted by molar-refractivity contribution is 5.96. The molecule has 0 spiro atoms. The van der Waals surface area contributed by atoms with Crippen molar-refractivity contribution in [3.63, 3.8) is 0 Å². The molecule has 1 aliphatic heterocycles.